The van der Waals surface area contributed by atoms with Gasteiger partial charge in [-0.05, 0) is 30.5 Å². The maximum atomic E-state index is 9.34. The van der Waals surface area contributed by atoms with E-state index in [4.69, 9.17) is 9.47 Å². The molecular formula is C20H27NO3. The highest BCUT2D eigenvalue weighted by atomic mass is 16.5. The summed E-state index contributed by atoms with van der Waals surface area (Å²) in [6.07, 6.45) is 0.875. The molecular weight excluding hydrogens is 302 g/mol. The number of aliphatic hydroxyl groups is 1. The Morgan fingerprint density at radius 3 is 2.50 bits per heavy atom. The third kappa shape index (κ3) is 4.73. The van der Waals surface area contributed by atoms with Gasteiger partial charge in [-0.1, -0.05) is 43.3 Å². The Balaban J connectivity index is 2.15. The number of benzene rings is 2. The van der Waals surface area contributed by atoms with Crippen molar-refractivity contribution in [2.24, 2.45) is 0 Å². The van der Waals surface area contributed by atoms with Crippen LogP contribution in [0.5, 0.6) is 11.5 Å². The zero-order valence-corrected chi connectivity index (χ0v) is 14.7. The molecule has 0 saturated carbocycles. The van der Waals surface area contributed by atoms with Crippen LogP contribution in [0.2, 0.25) is 0 Å². The average molecular weight is 329 g/mol. The van der Waals surface area contributed by atoms with Crippen molar-refractivity contribution in [2.45, 2.75) is 39.5 Å². The molecule has 1 atom stereocenters. The summed E-state index contributed by atoms with van der Waals surface area (Å²) in [5, 5.41) is 12.7. The summed E-state index contributed by atoms with van der Waals surface area (Å²) in [6, 6.07) is 14.2. The second-order valence-electron chi connectivity index (χ2n) is 5.83. The number of hydrogen-bond acceptors (Lipinski definition) is 4. The summed E-state index contributed by atoms with van der Waals surface area (Å²) in [5.74, 6) is 1.48. The number of nitrogens with one attached hydrogen (secondary N) is 1. The Labute approximate surface area is 144 Å². The summed E-state index contributed by atoms with van der Waals surface area (Å²) in [6.45, 7) is 5.38. The van der Waals surface area contributed by atoms with Gasteiger partial charge in [-0.25, -0.2) is 0 Å². The third-order valence-corrected chi connectivity index (χ3v) is 4.21. The lowest BCUT2D eigenvalue weighted by molar-refractivity contribution is 0.236. The number of hydrogen-bond donors (Lipinski definition) is 2. The van der Waals surface area contributed by atoms with E-state index in [1.54, 1.807) is 7.11 Å². The predicted octanol–water partition coefficient (Wildman–Crippen LogP) is 3.44. The van der Waals surface area contributed by atoms with Gasteiger partial charge in [-0.2, -0.15) is 0 Å². The van der Waals surface area contributed by atoms with E-state index >= 15 is 0 Å². The lowest BCUT2D eigenvalue weighted by atomic mass is 10.1. The highest BCUT2D eigenvalue weighted by Crippen LogP contribution is 2.32. The molecule has 0 aliphatic heterocycles. The fraction of sp³-hybridized carbons (Fsp3) is 0.400. The molecule has 0 spiro atoms. The van der Waals surface area contributed by atoms with E-state index in [2.05, 4.69) is 31.3 Å². The molecule has 4 heteroatoms. The molecule has 130 valence electrons. The molecule has 0 bridgehead atoms. The van der Waals surface area contributed by atoms with Crippen LogP contribution in [-0.4, -0.2) is 24.9 Å². The Bertz CT molecular complexity index is 639. The van der Waals surface area contributed by atoms with Crippen molar-refractivity contribution in [3.8, 4) is 11.5 Å². The molecule has 2 aromatic carbocycles. The number of para-hydroxylation sites is 1. The minimum absolute atomic E-state index is 0.0837. The van der Waals surface area contributed by atoms with Crippen LogP contribution < -0.4 is 14.8 Å². The number of methoxy groups -OCH3 is 1. The highest BCUT2D eigenvalue weighted by Gasteiger charge is 2.13. The molecule has 0 radical (unpaired) electrons. The molecule has 0 aliphatic carbocycles. The Kier molecular flexibility index (Phi) is 7.09. The van der Waals surface area contributed by atoms with E-state index in [-0.39, 0.29) is 12.6 Å². The number of ether oxygens (including phenoxy) is 2. The van der Waals surface area contributed by atoms with Gasteiger partial charge in [0.25, 0.3) is 0 Å². The monoisotopic (exact) mass is 329 g/mol. The fourth-order valence-corrected chi connectivity index (χ4v) is 2.54. The van der Waals surface area contributed by atoms with Crippen LogP contribution in [0.4, 0.5) is 0 Å². The molecule has 0 amide bonds. The summed E-state index contributed by atoms with van der Waals surface area (Å²) >= 11 is 0. The molecule has 4 nitrogen and oxygen atoms in total. The average Bonchev–Trinajstić information content (AvgIpc) is 2.62. The van der Waals surface area contributed by atoms with Crippen molar-refractivity contribution in [2.75, 3.05) is 13.7 Å². The van der Waals surface area contributed by atoms with Crippen LogP contribution in [0.1, 0.15) is 30.0 Å². The van der Waals surface area contributed by atoms with Gasteiger partial charge in [0.05, 0.1) is 13.7 Å². The third-order valence-electron chi connectivity index (χ3n) is 4.21. The lowest BCUT2D eigenvalue weighted by Gasteiger charge is -2.18. The van der Waals surface area contributed by atoms with Crippen molar-refractivity contribution < 1.29 is 14.6 Å². The molecule has 0 aromatic heterocycles. The van der Waals surface area contributed by atoms with Crippen LogP contribution >= 0.6 is 0 Å². The lowest BCUT2D eigenvalue weighted by Crippen LogP contribution is -2.31. The van der Waals surface area contributed by atoms with Gasteiger partial charge in [0.2, 0.25) is 0 Å². The minimum Gasteiger partial charge on any atom is -0.493 e. The van der Waals surface area contributed by atoms with Crippen molar-refractivity contribution in [3.63, 3.8) is 0 Å². The normalized spacial score (nSPS) is 12.0. The Hall–Kier alpha value is -2.04. The van der Waals surface area contributed by atoms with Gasteiger partial charge < -0.3 is 19.9 Å². The summed E-state index contributed by atoms with van der Waals surface area (Å²) in [7, 11) is 1.65. The minimum atomic E-state index is 0.0837. The molecule has 0 fully saturated rings. The van der Waals surface area contributed by atoms with Crippen LogP contribution in [-0.2, 0) is 13.2 Å². The van der Waals surface area contributed by atoms with E-state index < -0.39 is 0 Å². The first-order valence-corrected chi connectivity index (χ1v) is 8.37. The summed E-state index contributed by atoms with van der Waals surface area (Å²) < 4.78 is 11.6. The predicted molar refractivity (Wildman–Crippen MR) is 96.5 cm³/mol. The number of aliphatic hydroxyl groups excluding tert-OH is 1. The van der Waals surface area contributed by atoms with E-state index in [0.717, 1.165) is 29.0 Å². The largest absolute Gasteiger partial charge is 0.493 e. The first kappa shape index (κ1) is 18.3. The van der Waals surface area contributed by atoms with Crippen LogP contribution in [0.15, 0.2) is 42.5 Å². The van der Waals surface area contributed by atoms with Crippen molar-refractivity contribution >= 4 is 0 Å². The molecule has 0 heterocycles. The van der Waals surface area contributed by atoms with Crippen molar-refractivity contribution in [1.29, 1.82) is 0 Å². The first-order valence-electron chi connectivity index (χ1n) is 8.37. The second kappa shape index (κ2) is 9.30. The van der Waals surface area contributed by atoms with Crippen molar-refractivity contribution in [1.82, 2.24) is 5.32 Å². The number of aryl methyl sites for hydroxylation is 1. The van der Waals surface area contributed by atoms with Gasteiger partial charge >= 0.3 is 0 Å². The van der Waals surface area contributed by atoms with Gasteiger partial charge in [-0.3, -0.25) is 0 Å². The SMILES string of the molecule is CC[C@H](CO)NCc1cccc(OC)c1OCc1ccccc1C. The quantitative estimate of drug-likeness (QED) is 0.740. The zero-order valence-electron chi connectivity index (χ0n) is 14.7. The maximum absolute atomic E-state index is 9.34. The van der Waals surface area contributed by atoms with Gasteiger partial charge in [0, 0.05) is 18.2 Å². The molecule has 0 unspecified atom stereocenters. The van der Waals surface area contributed by atoms with Gasteiger partial charge in [0.15, 0.2) is 11.5 Å². The standard InChI is InChI=1S/C20H27NO3/c1-4-18(13-22)21-12-16-10-7-11-19(23-3)20(16)24-14-17-9-6-5-8-15(17)2/h5-11,18,21-22H,4,12-14H2,1-3H3/t18-/m1/s1. The maximum Gasteiger partial charge on any atom is 0.166 e. The molecule has 0 aliphatic rings. The van der Waals surface area contributed by atoms with Crippen LogP contribution in [0.3, 0.4) is 0 Å². The molecule has 2 aromatic rings. The van der Waals surface area contributed by atoms with Crippen molar-refractivity contribution in [3.05, 3.63) is 59.2 Å². The molecule has 24 heavy (non-hydrogen) atoms. The fourth-order valence-electron chi connectivity index (χ4n) is 2.54. The summed E-state index contributed by atoms with van der Waals surface area (Å²) in [5.41, 5.74) is 3.39. The first-order chi connectivity index (χ1) is 11.7. The van der Waals surface area contributed by atoms with E-state index in [0.29, 0.717) is 13.2 Å². The Morgan fingerprint density at radius 2 is 1.83 bits per heavy atom. The van der Waals surface area contributed by atoms with E-state index in [1.165, 1.54) is 5.56 Å². The zero-order chi connectivity index (χ0) is 17.4. The van der Waals surface area contributed by atoms with Gasteiger partial charge in [0.1, 0.15) is 6.61 Å². The highest BCUT2D eigenvalue weighted by molar-refractivity contribution is 5.47. The van der Waals surface area contributed by atoms with E-state index in [9.17, 15) is 5.11 Å². The van der Waals surface area contributed by atoms with Gasteiger partial charge in [-0.15, -0.1) is 0 Å². The Morgan fingerprint density at radius 1 is 1.08 bits per heavy atom. The smallest absolute Gasteiger partial charge is 0.166 e. The van der Waals surface area contributed by atoms with Crippen LogP contribution in [0.25, 0.3) is 0 Å². The molecule has 2 rings (SSSR count). The summed E-state index contributed by atoms with van der Waals surface area (Å²) in [4.78, 5) is 0. The topological polar surface area (TPSA) is 50.7 Å². The molecule has 0 saturated heterocycles. The van der Waals surface area contributed by atoms with E-state index in [1.807, 2.05) is 30.3 Å². The second-order valence-corrected chi connectivity index (χ2v) is 5.83. The molecule has 2 N–H and O–H groups in total. The number of rotatable bonds is 9. The van der Waals surface area contributed by atoms with Crippen LogP contribution in [0, 0.1) is 6.92 Å².